The minimum Gasteiger partial charge on any atom is -0.354 e. The molecule has 1 N–H and O–H groups in total. The SMILES string of the molecule is C[C@@H]1CN(S(C)(=O)=O)CCN1Cc1ccc2onc(N3CCC(=O)NC3=O)c2c1. The summed E-state index contributed by atoms with van der Waals surface area (Å²) in [7, 11) is -3.18. The van der Waals surface area contributed by atoms with Crippen LogP contribution in [0.2, 0.25) is 0 Å². The fourth-order valence-electron chi connectivity index (χ4n) is 3.76. The maximum atomic E-state index is 12.2. The number of rotatable bonds is 4. The number of anilines is 1. The summed E-state index contributed by atoms with van der Waals surface area (Å²) in [4.78, 5) is 27.2. The average molecular weight is 421 g/mol. The van der Waals surface area contributed by atoms with Crippen molar-refractivity contribution < 1.29 is 22.5 Å². The standard InChI is InChI=1S/C18H23N5O5S/c1-12-10-22(29(2,26)27)8-7-21(12)11-13-3-4-15-14(9-13)17(20-28-15)23-6-5-16(24)19-18(23)25/h3-4,9,12H,5-8,10-11H2,1-2H3,(H,19,24,25)/t12-/m1/s1. The second-order valence-electron chi connectivity index (χ2n) is 7.53. The van der Waals surface area contributed by atoms with E-state index in [0.717, 1.165) is 5.56 Å². The van der Waals surface area contributed by atoms with Gasteiger partial charge in [0.2, 0.25) is 15.9 Å². The van der Waals surface area contributed by atoms with E-state index in [1.807, 2.05) is 25.1 Å². The molecule has 0 unspecified atom stereocenters. The van der Waals surface area contributed by atoms with E-state index in [1.165, 1.54) is 15.5 Å². The lowest BCUT2D eigenvalue weighted by molar-refractivity contribution is -0.120. The number of hydrogen-bond acceptors (Lipinski definition) is 7. The second kappa shape index (κ2) is 7.39. The Morgan fingerprint density at radius 3 is 2.72 bits per heavy atom. The number of hydrogen-bond donors (Lipinski definition) is 1. The highest BCUT2D eigenvalue weighted by Crippen LogP contribution is 2.29. The lowest BCUT2D eigenvalue weighted by atomic mass is 10.1. The van der Waals surface area contributed by atoms with Crippen LogP contribution < -0.4 is 10.2 Å². The number of benzene rings is 1. The Labute approximate surface area is 168 Å². The van der Waals surface area contributed by atoms with Crippen LogP contribution in [-0.4, -0.2) is 73.2 Å². The first-order valence-corrected chi connectivity index (χ1v) is 11.3. The molecule has 2 aliphatic heterocycles. The van der Waals surface area contributed by atoms with Crippen LogP contribution in [0.4, 0.5) is 10.6 Å². The van der Waals surface area contributed by atoms with Crippen LogP contribution in [0.3, 0.4) is 0 Å². The quantitative estimate of drug-likeness (QED) is 0.774. The number of imide groups is 1. The predicted octanol–water partition coefficient (Wildman–Crippen LogP) is 0.740. The third-order valence-corrected chi connectivity index (χ3v) is 6.68. The van der Waals surface area contributed by atoms with E-state index in [9.17, 15) is 18.0 Å². The predicted molar refractivity (Wildman–Crippen MR) is 106 cm³/mol. The second-order valence-corrected chi connectivity index (χ2v) is 9.51. The number of amides is 3. The molecule has 0 bridgehead atoms. The molecule has 1 atom stereocenters. The first-order chi connectivity index (χ1) is 13.7. The molecule has 0 saturated carbocycles. The average Bonchev–Trinajstić information content (AvgIpc) is 3.05. The summed E-state index contributed by atoms with van der Waals surface area (Å²) >= 11 is 0. The lowest BCUT2D eigenvalue weighted by Gasteiger charge is -2.38. The van der Waals surface area contributed by atoms with Gasteiger partial charge < -0.3 is 4.52 Å². The molecule has 0 radical (unpaired) electrons. The Morgan fingerprint density at radius 2 is 2.03 bits per heavy atom. The smallest absolute Gasteiger partial charge is 0.329 e. The van der Waals surface area contributed by atoms with Crippen molar-refractivity contribution >= 4 is 38.7 Å². The summed E-state index contributed by atoms with van der Waals surface area (Å²) in [5.41, 5.74) is 1.57. The van der Waals surface area contributed by atoms with Crippen molar-refractivity contribution in [2.75, 3.05) is 37.3 Å². The van der Waals surface area contributed by atoms with Gasteiger partial charge in [-0.1, -0.05) is 11.2 Å². The van der Waals surface area contributed by atoms with Gasteiger partial charge in [0, 0.05) is 45.2 Å². The van der Waals surface area contributed by atoms with Gasteiger partial charge >= 0.3 is 6.03 Å². The normalized spacial score (nSPS) is 22.3. The number of nitrogens with one attached hydrogen (secondary N) is 1. The van der Waals surface area contributed by atoms with E-state index in [-0.39, 0.29) is 24.9 Å². The minimum atomic E-state index is -3.18. The van der Waals surface area contributed by atoms with Crippen molar-refractivity contribution in [1.82, 2.24) is 19.7 Å². The van der Waals surface area contributed by atoms with Crippen molar-refractivity contribution in [3.63, 3.8) is 0 Å². The highest BCUT2D eigenvalue weighted by molar-refractivity contribution is 7.88. The number of urea groups is 1. The van der Waals surface area contributed by atoms with E-state index in [0.29, 0.717) is 43.0 Å². The lowest BCUT2D eigenvalue weighted by Crippen LogP contribution is -2.52. The number of sulfonamides is 1. The zero-order valence-corrected chi connectivity index (χ0v) is 17.1. The van der Waals surface area contributed by atoms with Crippen molar-refractivity contribution in [3.05, 3.63) is 23.8 Å². The highest BCUT2D eigenvalue weighted by Gasteiger charge is 2.30. The van der Waals surface area contributed by atoms with E-state index >= 15 is 0 Å². The number of aromatic nitrogens is 1. The Morgan fingerprint density at radius 1 is 1.24 bits per heavy atom. The molecule has 3 amide bonds. The molecule has 1 aromatic heterocycles. The van der Waals surface area contributed by atoms with Gasteiger partial charge in [0.15, 0.2) is 11.4 Å². The van der Waals surface area contributed by atoms with Gasteiger partial charge in [0.05, 0.1) is 11.6 Å². The number of carbonyl (C=O) groups is 2. The van der Waals surface area contributed by atoms with E-state index in [4.69, 9.17) is 4.52 Å². The molecule has 156 valence electrons. The van der Waals surface area contributed by atoms with Crippen LogP contribution in [-0.2, 0) is 21.4 Å². The van der Waals surface area contributed by atoms with Crippen LogP contribution in [0, 0.1) is 0 Å². The third kappa shape index (κ3) is 3.98. The number of nitrogens with zero attached hydrogens (tertiary/aromatic N) is 4. The molecule has 2 fully saturated rings. The molecule has 1 aromatic carbocycles. The molecule has 10 nitrogen and oxygen atoms in total. The van der Waals surface area contributed by atoms with E-state index < -0.39 is 16.1 Å². The summed E-state index contributed by atoms with van der Waals surface area (Å²) in [6.07, 6.45) is 1.45. The maximum Gasteiger partial charge on any atom is 0.329 e. The van der Waals surface area contributed by atoms with Gasteiger partial charge in [0.25, 0.3) is 0 Å². The van der Waals surface area contributed by atoms with Gasteiger partial charge in [-0.15, -0.1) is 0 Å². The van der Waals surface area contributed by atoms with Crippen LogP contribution >= 0.6 is 0 Å². The molecular formula is C18H23N5O5S. The van der Waals surface area contributed by atoms with Crippen LogP contribution in [0.15, 0.2) is 22.7 Å². The molecule has 11 heteroatoms. The van der Waals surface area contributed by atoms with Crippen LogP contribution in [0.25, 0.3) is 11.0 Å². The van der Waals surface area contributed by atoms with E-state index in [1.54, 1.807) is 0 Å². The van der Waals surface area contributed by atoms with Gasteiger partial charge in [0.1, 0.15) is 0 Å². The molecule has 2 saturated heterocycles. The van der Waals surface area contributed by atoms with Crippen LogP contribution in [0.5, 0.6) is 0 Å². The highest BCUT2D eigenvalue weighted by atomic mass is 32.2. The molecule has 29 heavy (non-hydrogen) atoms. The molecule has 2 aliphatic rings. The molecular weight excluding hydrogens is 398 g/mol. The first kappa shape index (κ1) is 19.8. The Balaban J connectivity index is 1.54. The number of fused-ring (bicyclic) bond motifs is 1. The number of carbonyl (C=O) groups excluding carboxylic acids is 2. The molecule has 3 heterocycles. The maximum absolute atomic E-state index is 12.2. The first-order valence-electron chi connectivity index (χ1n) is 9.41. The third-order valence-electron chi connectivity index (χ3n) is 5.41. The van der Waals surface area contributed by atoms with Crippen LogP contribution in [0.1, 0.15) is 18.9 Å². The number of piperazine rings is 1. The van der Waals surface area contributed by atoms with Crippen molar-refractivity contribution in [2.45, 2.75) is 25.9 Å². The van der Waals surface area contributed by atoms with Crippen molar-refractivity contribution in [2.24, 2.45) is 0 Å². The topological polar surface area (TPSA) is 116 Å². The molecule has 4 rings (SSSR count). The van der Waals surface area contributed by atoms with Gasteiger partial charge in [-0.05, 0) is 24.6 Å². The monoisotopic (exact) mass is 421 g/mol. The molecule has 2 aromatic rings. The fraction of sp³-hybridized carbons (Fsp3) is 0.500. The Hall–Kier alpha value is -2.50. The largest absolute Gasteiger partial charge is 0.354 e. The summed E-state index contributed by atoms with van der Waals surface area (Å²) in [6.45, 7) is 4.47. The Bertz CT molecular complexity index is 1070. The van der Waals surface area contributed by atoms with Gasteiger partial charge in [-0.3, -0.25) is 19.9 Å². The summed E-state index contributed by atoms with van der Waals surface area (Å²) in [5.74, 6) is 0.0868. The Kier molecular flexibility index (Phi) is 5.05. The van der Waals surface area contributed by atoms with Crippen molar-refractivity contribution in [1.29, 1.82) is 0 Å². The van der Waals surface area contributed by atoms with E-state index in [2.05, 4.69) is 15.4 Å². The van der Waals surface area contributed by atoms with Gasteiger partial charge in [-0.25, -0.2) is 13.2 Å². The summed E-state index contributed by atoms with van der Waals surface area (Å²) in [6, 6.07) is 5.25. The summed E-state index contributed by atoms with van der Waals surface area (Å²) < 4.78 is 30.4. The van der Waals surface area contributed by atoms with Gasteiger partial charge in [-0.2, -0.15) is 4.31 Å². The summed E-state index contributed by atoms with van der Waals surface area (Å²) in [5, 5.41) is 7.02. The molecule has 0 spiro atoms. The minimum absolute atomic E-state index is 0.0787. The van der Waals surface area contributed by atoms with Crippen molar-refractivity contribution in [3.8, 4) is 0 Å². The zero-order chi connectivity index (χ0) is 20.8. The fourth-order valence-corrected chi connectivity index (χ4v) is 4.66. The zero-order valence-electron chi connectivity index (χ0n) is 16.3. The molecule has 0 aliphatic carbocycles.